The van der Waals surface area contributed by atoms with E-state index in [4.69, 9.17) is 4.74 Å². The SMILES string of the molecule is Cc1c(C#N)c(NC(=O)COC(=O)c2cccc(O)c2)n(-c2ccccc2)c1C. The molecular weight excluding hydrogens is 370 g/mol. The van der Waals surface area contributed by atoms with Crippen molar-refractivity contribution in [1.29, 1.82) is 5.26 Å². The van der Waals surface area contributed by atoms with Crippen LogP contribution in [-0.2, 0) is 9.53 Å². The van der Waals surface area contributed by atoms with Gasteiger partial charge in [-0.05, 0) is 49.7 Å². The zero-order valence-corrected chi connectivity index (χ0v) is 16.0. The van der Waals surface area contributed by atoms with Crippen molar-refractivity contribution in [3.05, 3.63) is 77.0 Å². The zero-order chi connectivity index (χ0) is 21.0. The van der Waals surface area contributed by atoms with Gasteiger partial charge in [-0.3, -0.25) is 9.36 Å². The van der Waals surface area contributed by atoms with E-state index in [1.165, 1.54) is 24.3 Å². The van der Waals surface area contributed by atoms with E-state index < -0.39 is 18.5 Å². The summed E-state index contributed by atoms with van der Waals surface area (Å²) in [4.78, 5) is 24.5. The maximum Gasteiger partial charge on any atom is 0.338 e. The van der Waals surface area contributed by atoms with Gasteiger partial charge >= 0.3 is 5.97 Å². The molecule has 0 atom stereocenters. The van der Waals surface area contributed by atoms with Crippen molar-refractivity contribution < 1.29 is 19.4 Å². The summed E-state index contributed by atoms with van der Waals surface area (Å²) in [5.41, 5.74) is 2.85. The summed E-state index contributed by atoms with van der Waals surface area (Å²) >= 11 is 0. The molecule has 7 heteroatoms. The fraction of sp³-hybridized carbons (Fsp3) is 0.136. The predicted octanol–water partition coefficient (Wildman–Crippen LogP) is 3.47. The minimum Gasteiger partial charge on any atom is -0.508 e. The molecule has 0 saturated carbocycles. The molecule has 2 aromatic carbocycles. The Bertz CT molecular complexity index is 1110. The molecule has 0 unspecified atom stereocenters. The summed E-state index contributed by atoms with van der Waals surface area (Å²) in [5.74, 6) is -1.06. The second kappa shape index (κ2) is 8.31. The Morgan fingerprint density at radius 2 is 1.86 bits per heavy atom. The Morgan fingerprint density at radius 3 is 2.52 bits per heavy atom. The highest BCUT2D eigenvalue weighted by Gasteiger charge is 2.21. The highest BCUT2D eigenvalue weighted by atomic mass is 16.5. The van der Waals surface area contributed by atoms with Crippen LogP contribution in [0.25, 0.3) is 5.69 Å². The van der Waals surface area contributed by atoms with Crippen molar-refractivity contribution in [3.63, 3.8) is 0 Å². The van der Waals surface area contributed by atoms with E-state index in [1.54, 1.807) is 4.57 Å². The summed E-state index contributed by atoms with van der Waals surface area (Å²) in [7, 11) is 0. The van der Waals surface area contributed by atoms with Gasteiger partial charge in [0.15, 0.2) is 6.61 Å². The van der Waals surface area contributed by atoms with E-state index >= 15 is 0 Å². The monoisotopic (exact) mass is 389 g/mol. The minimum atomic E-state index is -0.734. The Kier molecular flexibility index (Phi) is 5.65. The Balaban J connectivity index is 1.81. The first-order valence-electron chi connectivity index (χ1n) is 8.85. The molecular formula is C22H19N3O4. The molecule has 29 heavy (non-hydrogen) atoms. The van der Waals surface area contributed by atoms with Gasteiger partial charge in [0.1, 0.15) is 17.6 Å². The molecule has 1 heterocycles. The number of aromatic hydroxyl groups is 1. The Morgan fingerprint density at radius 1 is 1.14 bits per heavy atom. The van der Waals surface area contributed by atoms with Crippen molar-refractivity contribution in [1.82, 2.24) is 4.57 Å². The molecule has 0 aliphatic rings. The number of phenols is 1. The number of nitrogens with zero attached hydrogens (tertiary/aromatic N) is 2. The first-order valence-corrected chi connectivity index (χ1v) is 8.85. The van der Waals surface area contributed by atoms with Crippen molar-refractivity contribution in [2.75, 3.05) is 11.9 Å². The third-order valence-electron chi connectivity index (χ3n) is 4.51. The molecule has 0 aliphatic heterocycles. The fourth-order valence-electron chi connectivity index (χ4n) is 2.98. The molecule has 0 aliphatic carbocycles. The number of esters is 1. The fourth-order valence-corrected chi connectivity index (χ4v) is 2.98. The van der Waals surface area contributed by atoms with E-state index in [-0.39, 0.29) is 11.3 Å². The van der Waals surface area contributed by atoms with E-state index in [2.05, 4.69) is 11.4 Å². The molecule has 0 saturated heterocycles. The number of para-hydroxylation sites is 1. The van der Waals surface area contributed by atoms with Gasteiger partial charge in [0.05, 0.1) is 11.1 Å². The third-order valence-corrected chi connectivity index (χ3v) is 4.51. The van der Waals surface area contributed by atoms with E-state index in [1.807, 2.05) is 44.2 Å². The van der Waals surface area contributed by atoms with E-state index in [0.717, 1.165) is 16.9 Å². The highest BCUT2D eigenvalue weighted by molar-refractivity contribution is 5.96. The molecule has 0 bridgehead atoms. The van der Waals surface area contributed by atoms with Crippen molar-refractivity contribution in [3.8, 4) is 17.5 Å². The summed E-state index contributed by atoms with van der Waals surface area (Å²) < 4.78 is 6.80. The van der Waals surface area contributed by atoms with Crippen LogP contribution in [0.4, 0.5) is 5.82 Å². The van der Waals surface area contributed by atoms with Crippen LogP contribution in [0, 0.1) is 25.2 Å². The van der Waals surface area contributed by atoms with Gasteiger partial charge in [0.2, 0.25) is 0 Å². The van der Waals surface area contributed by atoms with Gasteiger partial charge < -0.3 is 15.2 Å². The highest BCUT2D eigenvalue weighted by Crippen LogP contribution is 2.29. The molecule has 7 nitrogen and oxygen atoms in total. The van der Waals surface area contributed by atoms with Crippen LogP contribution < -0.4 is 5.32 Å². The molecule has 0 spiro atoms. The molecule has 3 aromatic rings. The largest absolute Gasteiger partial charge is 0.508 e. The van der Waals surface area contributed by atoms with Gasteiger partial charge in [-0.15, -0.1) is 0 Å². The predicted molar refractivity (Wildman–Crippen MR) is 107 cm³/mol. The molecule has 3 rings (SSSR count). The summed E-state index contributed by atoms with van der Waals surface area (Å²) in [6.45, 7) is 3.14. The van der Waals surface area contributed by atoms with Crippen LogP contribution in [0.5, 0.6) is 5.75 Å². The van der Waals surface area contributed by atoms with Crippen LogP contribution in [0.2, 0.25) is 0 Å². The molecule has 146 valence electrons. The Labute approximate surface area is 167 Å². The van der Waals surface area contributed by atoms with Gasteiger partial charge in [0.25, 0.3) is 5.91 Å². The van der Waals surface area contributed by atoms with E-state index in [9.17, 15) is 20.0 Å². The summed E-state index contributed by atoms with van der Waals surface area (Å²) in [6.07, 6.45) is 0. The lowest BCUT2D eigenvalue weighted by atomic mass is 10.2. The maximum absolute atomic E-state index is 12.4. The van der Waals surface area contributed by atoms with Crippen LogP contribution >= 0.6 is 0 Å². The quantitative estimate of drug-likeness (QED) is 0.650. The number of benzene rings is 2. The number of carbonyl (C=O) groups is 2. The third kappa shape index (κ3) is 4.12. The lowest BCUT2D eigenvalue weighted by molar-refractivity contribution is -0.119. The maximum atomic E-state index is 12.4. The second-order valence-electron chi connectivity index (χ2n) is 6.39. The van der Waals surface area contributed by atoms with Gasteiger partial charge in [-0.2, -0.15) is 5.26 Å². The average molecular weight is 389 g/mol. The molecule has 1 amide bonds. The number of nitriles is 1. The van der Waals surface area contributed by atoms with Gasteiger partial charge in [0, 0.05) is 11.4 Å². The number of rotatable bonds is 5. The standard InChI is InChI=1S/C22H19N3O4/c1-14-15(2)25(17-8-4-3-5-9-17)21(19(14)12-23)24-20(27)13-29-22(28)16-7-6-10-18(26)11-16/h3-11,26H,13H2,1-2H3,(H,24,27). The van der Waals surface area contributed by atoms with Crippen molar-refractivity contribution >= 4 is 17.7 Å². The van der Waals surface area contributed by atoms with E-state index in [0.29, 0.717) is 11.4 Å². The average Bonchev–Trinajstić information content (AvgIpc) is 2.96. The summed E-state index contributed by atoms with van der Waals surface area (Å²) in [6, 6.07) is 17.1. The van der Waals surface area contributed by atoms with Crippen LogP contribution in [0.3, 0.4) is 0 Å². The molecule has 2 N–H and O–H groups in total. The van der Waals surface area contributed by atoms with Crippen molar-refractivity contribution in [2.24, 2.45) is 0 Å². The molecule has 0 radical (unpaired) electrons. The van der Waals surface area contributed by atoms with Crippen LogP contribution in [0.15, 0.2) is 54.6 Å². The van der Waals surface area contributed by atoms with Crippen LogP contribution in [0.1, 0.15) is 27.2 Å². The first-order chi connectivity index (χ1) is 13.9. The number of hydrogen-bond donors (Lipinski definition) is 2. The number of aromatic nitrogens is 1. The number of nitrogens with one attached hydrogen (secondary N) is 1. The minimum absolute atomic E-state index is 0.0748. The molecule has 1 aromatic heterocycles. The molecule has 0 fully saturated rings. The topological polar surface area (TPSA) is 104 Å². The first kappa shape index (κ1) is 19.7. The zero-order valence-electron chi connectivity index (χ0n) is 16.0. The van der Waals surface area contributed by atoms with Crippen molar-refractivity contribution in [2.45, 2.75) is 13.8 Å². The van der Waals surface area contributed by atoms with Gasteiger partial charge in [-0.25, -0.2) is 4.79 Å². The number of hydrogen-bond acceptors (Lipinski definition) is 5. The lowest BCUT2D eigenvalue weighted by Gasteiger charge is -2.13. The number of anilines is 1. The second-order valence-corrected chi connectivity index (χ2v) is 6.39. The number of phenolic OH excluding ortho intramolecular Hbond substituents is 1. The smallest absolute Gasteiger partial charge is 0.338 e. The Hall–Kier alpha value is -4.05. The number of carbonyl (C=O) groups excluding carboxylic acids is 2. The number of amides is 1. The summed E-state index contributed by atoms with van der Waals surface area (Å²) in [5, 5.41) is 21.7. The van der Waals surface area contributed by atoms with Gasteiger partial charge in [-0.1, -0.05) is 24.3 Å². The number of ether oxygens (including phenoxy) is 1. The van der Waals surface area contributed by atoms with Crippen LogP contribution in [-0.4, -0.2) is 28.2 Å². The normalized spacial score (nSPS) is 10.2. The lowest BCUT2D eigenvalue weighted by Crippen LogP contribution is -2.22.